The Morgan fingerprint density at radius 2 is 2.26 bits per heavy atom. The van der Waals surface area contributed by atoms with Gasteiger partial charge in [0, 0.05) is 24.7 Å². The van der Waals surface area contributed by atoms with Crippen molar-refractivity contribution < 1.29 is 17.9 Å². The lowest BCUT2D eigenvalue weighted by atomic mass is 10.0. The topological polar surface area (TPSA) is 75.7 Å². The van der Waals surface area contributed by atoms with Crippen LogP contribution in [0.15, 0.2) is 11.6 Å². The molecule has 0 aliphatic carbocycles. The molecule has 19 heavy (non-hydrogen) atoms. The van der Waals surface area contributed by atoms with E-state index in [1.807, 2.05) is 0 Å². The van der Waals surface area contributed by atoms with E-state index < -0.39 is 16.1 Å². The molecule has 0 amide bonds. The van der Waals surface area contributed by atoms with Crippen molar-refractivity contribution in [2.24, 2.45) is 5.92 Å². The van der Waals surface area contributed by atoms with Crippen LogP contribution in [0.2, 0.25) is 0 Å². The maximum atomic E-state index is 12.0. The molecule has 8 heteroatoms. The standard InChI is InChI=1S/C11H19ClN2O4S/c1-3-18-11(15)10-5-4-6-14(8-10)19(16,17)13-7-9(2)12/h10,13H,2-8H2,1H3. The van der Waals surface area contributed by atoms with E-state index in [1.54, 1.807) is 6.92 Å². The lowest BCUT2D eigenvalue weighted by Crippen LogP contribution is -2.47. The Morgan fingerprint density at radius 3 is 2.84 bits per heavy atom. The molecule has 0 saturated carbocycles. The van der Waals surface area contributed by atoms with E-state index in [2.05, 4.69) is 11.3 Å². The number of carbonyl (C=O) groups is 1. The predicted molar refractivity (Wildman–Crippen MR) is 72.8 cm³/mol. The fourth-order valence-corrected chi connectivity index (χ4v) is 3.30. The first kappa shape index (κ1) is 16.4. The highest BCUT2D eigenvalue weighted by atomic mass is 35.5. The number of piperidine rings is 1. The Labute approximate surface area is 118 Å². The van der Waals surface area contributed by atoms with Crippen molar-refractivity contribution in [3.05, 3.63) is 11.6 Å². The molecule has 1 fully saturated rings. The molecule has 0 radical (unpaired) electrons. The summed E-state index contributed by atoms with van der Waals surface area (Å²) in [5.41, 5.74) is 0. The number of esters is 1. The zero-order valence-corrected chi connectivity index (χ0v) is 12.5. The summed E-state index contributed by atoms with van der Waals surface area (Å²) in [4.78, 5) is 11.6. The molecule has 1 aliphatic heterocycles. The van der Waals surface area contributed by atoms with Crippen LogP contribution in [0.1, 0.15) is 19.8 Å². The van der Waals surface area contributed by atoms with Gasteiger partial charge in [-0.2, -0.15) is 17.4 Å². The van der Waals surface area contributed by atoms with Crippen LogP contribution in [-0.4, -0.2) is 44.9 Å². The number of hydrogen-bond donors (Lipinski definition) is 1. The second kappa shape index (κ2) is 7.23. The van der Waals surface area contributed by atoms with E-state index >= 15 is 0 Å². The SMILES string of the molecule is C=C(Cl)CNS(=O)(=O)N1CCCC(C(=O)OCC)C1. The first-order chi connectivity index (χ1) is 8.86. The van der Waals surface area contributed by atoms with Gasteiger partial charge in [-0.05, 0) is 19.8 Å². The Morgan fingerprint density at radius 1 is 1.58 bits per heavy atom. The molecule has 1 aliphatic rings. The van der Waals surface area contributed by atoms with E-state index in [9.17, 15) is 13.2 Å². The fourth-order valence-electron chi connectivity index (χ4n) is 1.87. The number of halogens is 1. The summed E-state index contributed by atoms with van der Waals surface area (Å²) in [6.45, 7) is 5.95. The lowest BCUT2D eigenvalue weighted by molar-refractivity contribution is -0.149. The van der Waals surface area contributed by atoms with Crippen LogP contribution < -0.4 is 4.72 Å². The average Bonchev–Trinajstić information content (AvgIpc) is 2.37. The summed E-state index contributed by atoms with van der Waals surface area (Å²) in [7, 11) is -3.63. The monoisotopic (exact) mass is 310 g/mol. The predicted octanol–water partition coefficient (Wildman–Crippen LogP) is 0.848. The minimum absolute atomic E-state index is 0.0234. The Balaban J connectivity index is 2.63. The molecule has 6 nitrogen and oxygen atoms in total. The summed E-state index contributed by atoms with van der Waals surface area (Å²) >= 11 is 5.53. The van der Waals surface area contributed by atoms with Gasteiger partial charge in [-0.15, -0.1) is 0 Å². The second-order valence-corrected chi connectivity index (χ2v) is 6.58. The number of nitrogens with zero attached hydrogens (tertiary/aromatic N) is 1. The summed E-state index contributed by atoms with van der Waals surface area (Å²) in [6.07, 6.45) is 1.28. The second-order valence-electron chi connectivity index (χ2n) is 4.29. The van der Waals surface area contributed by atoms with Gasteiger partial charge in [0.2, 0.25) is 0 Å². The molecular weight excluding hydrogens is 292 g/mol. The van der Waals surface area contributed by atoms with Gasteiger partial charge in [0.1, 0.15) is 0 Å². The highest BCUT2D eigenvalue weighted by Gasteiger charge is 2.32. The van der Waals surface area contributed by atoms with E-state index in [0.29, 0.717) is 26.0 Å². The Kier molecular flexibility index (Phi) is 6.25. The lowest BCUT2D eigenvalue weighted by Gasteiger charge is -2.30. The zero-order valence-electron chi connectivity index (χ0n) is 10.9. The van der Waals surface area contributed by atoms with Gasteiger partial charge in [-0.25, -0.2) is 0 Å². The van der Waals surface area contributed by atoms with Gasteiger partial charge >= 0.3 is 5.97 Å². The maximum absolute atomic E-state index is 12.0. The van der Waals surface area contributed by atoms with Crippen LogP contribution in [0.25, 0.3) is 0 Å². The average molecular weight is 311 g/mol. The minimum atomic E-state index is -3.63. The molecule has 110 valence electrons. The normalized spacial score (nSPS) is 21.1. The number of nitrogens with one attached hydrogen (secondary N) is 1. The smallest absolute Gasteiger partial charge is 0.310 e. The van der Waals surface area contributed by atoms with Crippen LogP contribution >= 0.6 is 11.6 Å². The molecule has 0 aromatic carbocycles. The van der Waals surface area contributed by atoms with E-state index in [0.717, 1.165) is 0 Å². The molecule has 1 unspecified atom stereocenters. The molecular formula is C11H19ClN2O4S. The first-order valence-corrected chi connectivity index (χ1v) is 7.93. The molecule has 0 bridgehead atoms. The fraction of sp³-hybridized carbons (Fsp3) is 0.727. The Bertz CT molecular complexity index is 438. The number of rotatable bonds is 6. The van der Waals surface area contributed by atoms with Crippen LogP contribution in [0.4, 0.5) is 0 Å². The van der Waals surface area contributed by atoms with Crippen molar-refractivity contribution in [2.75, 3.05) is 26.2 Å². The third kappa shape index (κ3) is 5.10. The molecule has 0 aromatic heterocycles. The van der Waals surface area contributed by atoms with Crippen molar-refractivity contribution >= 4 is 27.8 Å². The van der Waals surface area contributed by atoms with Gasteiger partial charge in [-0.1, -0.05) is 18.2 Å². The van der Waals surface area contributed by atoms with E-state index in [-0.39, 0.29) is 24.1 Å². The van der Waals surface area contributed by atoms with Crippen molar-refractivity contribution in [3.63, 3.8) is 0 Å². The summed E-state index contributed by atoms with van der Waals surface area (Å²) in [6, 6.07) is 0. The largest absolute Gasteiger partial charge is 0.466 e. The van der Waals surface area contributed by atoms with Crippen molar-refractivity contribution in [1.29, 1.82) is 0 Å². The van der Waals surface area contributed by atoms with Gasteiger partial charge in [0.25, 0.3) is 10.2 Å². The highest BCUT2D eigenvalue weighted by molar-refractivity contribution is 7.87. The van der Waals surface area contributed by atoms with E-state index in [1.165, 1.54) is 4.31 Å². The minimum Gasteiger partial charge on any atom is -0.466 e. The van der Waals surface area contributed by atoms with Crippen LogP contribution in [0.3, 0.4) is 0 Å². The van der Waals surface area contributed by atoms with Crippen LogP contribution in [-0.2, 0) is 19.7 Å². The van der Waals surface area contributed by atoms with Crippen LogP contribution in [0, 0.1) is 5.92 Å². The van der Waals surface area contributed by atoms with Gasteiger partial charge in [0.05, 0.1) is 12.5 Å². The summed E-state index contributed by atoms with van der Waals surface area (Å²) in [5, 5.41) is 0.211. The molecule has 1 saturated heterocycles. The van der Waals surface area contributed by atoms with Gasteiger partial charge < -0.3 is 4.74 Å². The van der Waals surface area contributed by atoms with E-state index in [4.69, 9.17) is 16.3 Å². The Hall–Kier alpha value is -0.630. The van der Waals surface area contributed by atoms with Crippen molar-refractivity contribution in [1.82, 2.24) is 9.03 Å². The third-order valence-corrected chi connectivity index (χ3v) is 4.44. The number of ether oxygens (including phenoxy) is 1. The van der Waals surface area contributed by atoms with Gasteiger partial charge in [0.15, 0.2) is 0 Å². The van der Waals surface area contributed by atoms with Gasteiger partial charge in [-0.3, -0.25) is 4.79 Å². The molecule has 1 atom stereocenters. The number of carbonyl (C=O) groups excluding carboxylic acids is 1. The van der Waals surface area contributed by atoms with Crippen LogP contribution in [0.5, 0.6) is 0 Å². The molecule has 1 heterocycles. The molecule has 0 spiro atoms. The van der Waals surface area contributed by atoms with Crippen molar-refractivity contribution in [3.8, 4) is 0 Å². The molecule has 1 rings (SSSR count). The summed E-state index contributed by atoms with van der Waals surface area (Å²) in [5.74, 6) is -0.742. The zero-order chi connectivity index (χ0) is 14.5. The molecule has 0 aromatic rings. The summed E-state index contributed by atoms with van der Waals surface area (Å²) < 4.78 is 32.5. The quantitative estimate of drug-likeness (QED) is 0.738. The third-order valence-electron chi connectivity index (χ3n) is 2.79. The highest BCUT2D eigenvalue weighted by Crippen LogP contribution is 2.20. The maximum Gasteiger partial charge on any atom is 0.310 e. The van der Waals surface area contributed by atoms with Crippen molar-refractivity contribution in [2.45, 2.75) is 19.8 Å². The molecule has 1 N–H and O–H groups in total. The number of hydrogen-bond acceptors (Lipinski definition) is 4. The first-order valence-electron chi connectivity index (χ1n) is 6.11.